The van der Waals surface area contributed by atoms with Gasteiger partial charge in [-0.3, -0.25) is 4.90 Å². The molecule has 26 heavy (non-hydrogen) atoms. The van der Waals surface area contributed by atoms with Crippen molar-refractivity contribution in [3.05, 3.63) is 82.6 Å². The summed E-state index contributed by atoms with van der Waals surface area (Å²) in [5, 5.41) is 11.1. The average molecular weight is 359 g/mol. The van der Waals surface area contributed by atoms with Gasteiger partial charge in [-0.05, 0) is 44.6 Å². The van der Waals surface area contributed by atoms with Gasteiger partial charge in [0.1, 0.15) is 0 Å². The molecule has 3 aromatic carbocycles. The molecule has 1 aromatic heterocycles. The molecule has 3 heteroatoms. The van der Waals surface area contributed by atoms with Gasteiger partial charge in [0.05, 0.1) is 6.04 Å². The van der Waals surface area contributed by atoms with E-state index >= 15 is 0 Å². The highest BCUT2D eigenvalue weighted by Crippen LogP contribution is 2.40. The number of hydrogen-bond acceptors (Lipinski definition) is 3. The highest BCUT2D eigenvalue weighted by Gasteiger charge is 2.27. The lowest BCUT2D eigenvalue weighted by Gasteiger charge is -2.36. The van der Waals surface area contributed by atoms with Crippen molar-refractivity contribution >= 4 is 32.9 Å². The number of nitrogens with zero attached hydrogens (tertiary/aromatic N) is 1. The third kappa shape index (κ3) is 2.73. The lowest BCUT2D eigenvalue weighted by atomic mass is 9.90. The largest absolute Gasteiger partial charge is 0.314 e. The second-order valence-electron chi connectivity index (χ2n) is 6.94. The SMILES string of the molecule is c1csc([C@H](c2c3ccccc3cc3ccccc23)N2CCNCC2)c1. The van der Waals surface area contributed by atoms with Crippen LogP contribution in [0.4, 0.5) is 0 Å². The Hall–Kier alpha value is -2.20. The molecule has 1 fully saturated rings. The molecule has 0 spiro atoms. The van der Waals surface area contributed by atoms with Gasteiger partial charge >= 0.3 is 0 Å². The molecule has 2 heterocycles. The number of hydrogen-bond donors (Lipinski definition) is 1. The molecule has 1 saturated heterocycles. The van der Waals surface area contributed by atoms with Crippen molar-refractivity contribution in [2.45, 2.75) is 6.04 Å². The zero-order valence-electron chi connectivity index (χ0n) is 14.7. The second-order valence-corrected chi connectivity index (χ2v) is 7.92. The Morgan fingerprint density at radius 2 is 1.46 bits per heavy atom. The van der Waals surface area contributed by atoms with Crippen LogP contribution in [0.15, 0.2) is 72.1 Å². The number of rotatable bonds is 3. The van der Waals surface area contributed by atoms with Gasteiger partial charge in [-0.25, -0.2) is 0 Å². The molecule has 1 aliphatic heterocycles. The Bertz CT molecular complexity index is 979. The van der Waals surface area contributed by atoms with Crippen LogP contribution in [0, 0.1) is 0 Å². The number of piperazine rings is 1. The van der Waals surface area contributed by atoms with Gasteiger partial charge in [0.25, 0.3) is 0 Å². The van der Waals surface area contributed by atoms with Crippen LogP contribution in [0.3, 0.4) is 0 Å². The fourth-order valence-electron chi connectivity index (χ4n) is 4.24. The van der Waals surface area contributed by atoms with E-state index in [0.717, 1.165) is 26.2 Å². The Balaban J connectivity index is 1.83. The molecule has 0 radical (unpaired) electrons. The summed E-state index contributed by atoms with van der Waals surface area (Å²) in [5.41, 5.74) is 1.46. The lowest BCUT2D eigenvalue weighted by molar-refractivity contribution is 0.202. The molecule has 1 N–H and O–H groups in total. The molecule has 1 aliphatic rings. The minimum Gasteiger partial charge on any atom is -0.314 e. The monoisotopic (exact) mass is 358 g/mol. The minimum absolute atomic E-state index is 0.313. The highest BCUT2D eigenvalue weighted by atomic mass is 32.1. The fourth-order valence-corrected chi connectivity index (χ4v) is 5.10. The molecule has 4 aromatic rings. The summed E-state index contributed by atoms with van der Waals surface area (Å²) in [4.78, 5) is 4.09. The van der Waals surface area contributed by atoms with Gasteiger partial charge in [-0.1, -0.05) is 54.6 Å². The van der Waals surface area contributed by atoms with Crippen molar-refractivity contribution in [3.63, 3.8) is 0 Å². The van der Waals surface area contributed by atoms with Crippen molar-refractivity contribution < 1.29 is 0 Å². The number of nitrogens with one attached hydrogen (secondary N) is 1. The quantitative estimate of drug-likeness (QED) is 0.516. The standard InChI is InChI=1S/C23H22N2S/c1-3-8-19-17(6-1)16-18-7-2-4-9-20(18)22(19)23(21-10-5-15-26-21)25-13-11-24-12-14-25/h1-10,15-16,23-24H,11-14H2/t23-/m1/s1. The summed E-state index contributed by atoms with van der Waals surface area (Å²) in [7, 11) is 0. The van der Waals surface area contributed by atoms with Gasteiger partial charge in [-0.2, -0.15) is 0 Å². The zero-order chi connectivity index (χ0) is 17.3. The molecule has 1 atom stereocenters. The van der Waals surface area contributed by atoms with Crippen LogP contribution in [0.25, 0.3) is 21.5 Å². The number of fused-ring (bicyclic) bond motifs is 2. The van der Waals surface area contributed by atoms with Crippen molar-refractivity contribution in [3.8, 4) is 0 Å². The Morgan fingerprint density at radius 3 is 2.08 bits per heavy atom. The molecule has 0 aliphatic carbocycles. The molecule has 0 bridgehead atoms. The first-order chi connectivity index (χ1) is 12.9. The predicted octanol–water partition coefficient (Wildman–Crippen LogP) is 5.05. The van der Waals surface area contributed by atoms with E-state index in [4.69, 9.17) is 0 Å². The summed E-state index contributed by atoms with van der Waals surface area (Å²) in [6, 6.07) is 24.8. The highest BCUT2D eigenvalue weighted by molar-refractivity contribution is 7.10. The van der Waals surface area contributed by atoms with E-state index in [2.05, 4.69) is 82.3 Å². The normalized spacial score (nSPS) is 16.9. The molecular weight excluding hydrogens is 336 g/mol. The first-order valence-corrected chi connectivity index (χ1v) is 10.2. The van der Waals surface area contributed by atoms with Gasteiger partial charge < -0.3 is 5.32 Å². The lowest BCUT2D eigenvalue weighted by Crippen LogP contribution is -2.45. The van der Waals surface area contributed by atoms with Gasteiger partial charge in [-0.15, -0.1) is 11.3 Å². The van der Waals surface area contributed by atoms with Crippen LogP contribution in [-0.2, 0) is 0 Å². The maximum Gasteiger partial charge on any atom is 0.0709 e. The van der Waals surface area contributed by atoms with Gasteiger partial charge in [0.2, 0.25) is 0 Å². The molecule has 2 nitrogen and oxygen atoms in total. The van der Waals surface area contributed by atoms with Gasteiger partial charge in [0, 0.05) is 31.1 Å². The molecule has 5 rings (SSSR count). The predicted molar refractivity (Wildman–Crippen MR) is 112 cm³/mol. The van der Waals surface area contributed by atoms with Crippen molar-refractivity contribution in [1.82, 2.24) is 10.2 Å². The first kappa shape index (κ1) is 16.0. The van der Waals surface area contributed by atoms with E-state index in [0.29, 0.717) is 6.04 Å². The molecule has 0 unspecified atom stereocenters. The van der Waals surface area contributed by atoms with Crippen LogP contribution in [0.2, 0.25) is 0 Å². The fraction of sp³-hybridized carbons (Fsp3) is 0.217. The third-order valence-corrected chi connectivity index (χ3v) is 6.34. The minimum atomic E-state index is 0.313. The molecule has 130 valence electrons. The molecule has 0 amide bonds. The smallest absolute Gasteiger partial charge is 0.0709 e. The maximum absolute atomic E-state index is 3.50. The Labute approximate surface area is 158 Å². The van der Waals surface area contributed by atoms with Crippen molar-refractivity contribution in [2.24, 2.45) is 0 Å². The Morgan fingerprint density at radius 1 is 0.808 bits per heavy atom. The molecular formula is C23H22N2S. The van der Waals surface area contributed by atoms with E-state index < -0.39 is 0 Å². The van der Waals surface area contributed by atoms with E-state index in [1.54, 1.807) is 0 Å². The van der Waals surface area contributed by atoms with Crippen LogP contribution < -0.4 is 5.32 Å². The summed E-state index contributed by atoms with van der Waals surface area (Å²) < 4.78 is 0. The summed E-state index contributed by atoms with van der Waals surface area (Å²) in [5.74, 6) is 0. The van der Waals surface area contributed by atoms with E-state index in [-0.39, 0.29) is 0 Å². The van der Waals surface area contributed by atoms with Crippen molar-refractivity contribution in [1.29, 1.82) is 0 Å². The average Bonchev–Trinajstić information content (AvgIpc) is 3.23. The van der Waals surface area contributed by atoms with Crippen LogP contribution in [0.5, 0.6) is 0 Å². The topological polar surface area (TPSA) is 15.3 Å². The van der Waals surface area contributed by atoms with Crippen LogP contribution in [0.1, 0.15) is 16.5 Å². The molecule has 0 saturated carbocycles. The van der Waals surface area contributed by atoms with E-state index in [1.807, 2.05) is 11.3 Å². The summed E-state index contributed by atoms with van der Waals surface area (Å²) in [6.45, 7) is 4.29. The van der Waals surface area contributed by atoms with Crippen molar-refractivity contribution in [2.75, 3.05) is 26.2 Å². The summed E-state index contributed by atoms with van der Waals surface area (Å²) >= 11 is 1.87. The Kier molecular flexibility index (Phi) is 4.21. The number of benzene rings is 3. The van der Waals surface area contributed by atoms with Crippen LogP contribution >= 0.6 is 11.3 Å². The number of thiophene rings is 1. The van der Waals surface area contributed by atoms with Crippen LogP contribution in [-0.4, -0.2) is 31.1 Å². The van der Waals surface area contributed by atoms with Gasteiger partial charge in [0.15, 0.2) is 0 Å². The third-order valence-electron chi connectivity index (χ3n) is 5.42. The first-order valence-electron chi connectivity index (χ1n) is 9.30. The zero-order valence-corrected chi connectivity index (χ0v) is 15.5. The maximum atomic E-state index is 3.50. The summed E-state index contributed by atoms with van der Waals surface area (Å²) in [6.07, 6.45) is 0. The van der Waals surface area contributed by atoms with E-state index in [9.17, 15) is 0 Å². The van der Waals surface area contributed by atoms with E-state index in [1.165, 1.54) is 32.0 Å². The second kappa shape index (κ2) is 6.84.